The maximum Gasteiger partial charge on any atom is 0.217 e. The van der Waals surface area contributed by atoms with Gasteiger partial charge in [-0.15, -0.1) is 0 Å². The second-order valence-corrected chi connectivity index (χ2v) is 3.09. The minimum atomic E-state index is -1.71. The smallest absolute Gasteiger partial charge is 0.217 e. The van der Waals surface area contributed by atoms with Crippen molar-refractivity contribution in [2.45, 2.75) is 31.3 Å². The van der Waals surface area contributed by atoms with Crippen molar-refractivity contribution < 1.29 is 30.0 Å². The lowest BCUT2D eigenvalue weighted by atomic mass is 10.8. The van der Waals surface area contributed by atoms with Crippen LogP contribution in [0, 0.1) is 0 Å². The predicted octanol–water partition coefficient (Wildman–Crippen LogP) is -3.23. The van der Waals surface area contributed by atoms with Gasteiger partial charge in [0.15, 0.2) is 0 Å². The first-order chi connectivity index (χ1) is 6.93. The summed E-state index contributed by atoms with van der Waals surface area (Å²) in [6, 6.07) is -1.32. The van der Waals surface area contributed by atoms with E-state index in [-0.39, 0.29) is 6.29 Å². The lowest BCUT2D eigenvalue weighted by Gasteiger charge is -2.25. The number of hydrogen-bond acceptors (Lipinski definition) is 6. The molecule has 0 unspecified atom stereocenters. The molecule has 0 aliphatic carbocycles. The van der Waals surface area contributed by atoms with Gasteiger partial charge < -0.3 is 30.5 Å². The van der Waals surface area contributed by atoms with Crippen LogP contribution < -0.4 is 5.32 Å². The topological polar surface area (TPSA) is 127 Å². The highest BCUT2D eigenvalue weighted by Gasteiger charge is 2.31. The van der Waals surface area contributed by atoms with Gasteiger partial charge in [0, 0.05) is 6.92 Å². The minimum absolute atomic E-state index is 0.235. The summed E-state index contributed by atoms with van der Waals surface area (Å²) in [6.45, 7) is 0.377. The summed E-state index contributed by atoms with van der Waals surface area (Å²) in [5.74, 6) is -0.558. The zero-order valence-corrected chi connectivity index (χ0v) is 8.20. The maximum atomic E-state index is 10.6. The Morgan fingerprint density at radius 2 is 1.87 bits per heavy atom. The second kappa shape index (κ2) is 6.46. The SMILES string of the molecule is CC(=O)[15NH][13C@@H]([13CH]=O)[13C@@H](O)[13C@H](O)[13C@H](O)[13CH2]O. The van der Waals surface area contributed by atoms with Crippen LogP contribution in [0.5, 0.6) is 0 Å². The van der Waals surface area contributed by atoms with E-state index in [0.717, 1.165) is 6.92 Å². The molecule has 15 heavy (non-hydrogen) atoms. The highest BCUT2D eigenvalue weighted by molar-refractivity contribution is 5.77. The third kappa shape index (κ3) is 4.34. The molecule has 4 atom stereocenters. The van der Waals surface area contributed by atoms with Crippen molar-refractivity contribution in [2.24, 2.45) is 0 Å². The lowest BCUT2D eigenvalue weighted by Crippen LogP contribution is -2.53. The average Bonchev–Trinajstić information content (AvgIpc) is 2.22. The molecule has 7 nitrogen and oxygen atoms in total. The van der Waals surface area contributed by atoms with Crippen LogP contribution in [0.15, 0.2) is 0 Å². The number of nitrogens with one attached hydrogen (secondary N) is 1. The second-order valence-electron chi connectivity index (χ2n) is 3.09. The number of aliphatic hydroxyl groups is 4. The first kappa shape index (κ1) is 14.0. The Hall–Kier alpha value is -1.02. The van der Waals surface area contributed by atoms with Gasteiger partial charge in [-0.3, -0.25) is 4.79 Å². The van der Waals surface area contributed by atoms with Crippen molar-refractivity contribution >= 4 is 12.2 Å². The van der Waals surface area contributed by atoms with Crippen LogP contribution in [0.4, 0.5) is 0 Å². The van der Waals surface area contributed by atoms with Crippen molar-refractivity contribution in [3.05, 3.63) is 0 Å². The molecule has 0 bridgehead atoms. The Morgan fingerprint density at radius 3 is 2.20 bits per heavy atom. The number of hydrogen-bond donors (Lipinski definition) is 5. The summed E-state index contributed by atoms with van der Waals surface area (Å²) < 4.78 is 0. The molecule has 1 amide bonds. The molecule has 0 aliphatic rings. The molecule has 0 aromatic carbocycles. The number of carbonyl (C=O) groups is 2. The van der Waals surface area contributed by atoms with Crippen molar-refractivity contribution in [2.75, 3.05) is 6.61 Å². The highest BCUT2D eigenvalue weighted by Crippen LogP contribution is 2.03. The van der Waals surface area contributed by atoms with E-state index in [9.17, 15) is 19.8 Å². The van der Waals surface area contributed by atoms with Gasteiger partial charge in [-0.25, -0.2) is 0 Å². The fourth-order valence-corrected chi connectivity index (χ4v) is 0.983. The quantitative estimate of drug-likeness (QED) is 0.185. The first-order valence-electron chi connectivity index (χ1n) is 4.31. The van der Waals surface area contributed by atoms with Gasteiger partial charge in [0.2, 0.25) is 5.91 Å². The summed E-state index contributed by atoms with van der Waals surface area (Å²) in [5, 5.41) is 38.2. The molecule has 88 valence electrons. The molecule has 0 spiro atoms. The average molecular weight is 228 g/mol. The molecule has 0 saturated heterocycles. The van der Waals surface area contributed by atoms with Gasteiger partial charge in [-0.2, -0.15) is 0 Å². The molecule has 5 N–H and O–H groups in total. The van der Waals surface area contributed by atoms with Gasteiger partial charge in [-0.1, -0.05) is 0 Å². The van der Waals surface area contributed by atoms with Crippen molar-refractivity contribution in [3.63, 3.8) is 0 Å². The van der Waals surface area contributed by atoms with Crippen LogP contribution in [-0.2, 0) is 9.59 Å². The van der Waals surface area contributed by atoms with E-state index in [1.807, 2.05) is 0 Å². The van der Waals surface area contributed by atoms with Gasteiger partial charge in [0.05, 0.1) is 6.61 Å². The number of amides is 1. The fraction of sp³-hybridized carbons (Fsp3) is 0.750. The van der Waals surface area contributed by atoms with Crippen LogP contribution in [0.2, 0.25) is 0 Å². The van der Waals surface area contributed by atoms with Gasteiger partial charge >= 0.3 is 0 Å². The van der Waals surface area contributed by atoms with Crippen LogP contribution >= 0.6 is 0 Å². The van der Waals surface area contributed by atoms with Crippen LogP contribution in [0.3, 0.4) is 0 Å². The monoisotopic (exact) mass is 228 g/mol. The highest BCUT2D eigenvalue weighted by atomic mass is 16.5. The largest absolute Gasteiger partial charge is 0.394 e. The zero-order valence-electron chi connectivity index (χ0n) is 8.20. The number of carbonyl (C=O) groups excluding carboxylic acids is 2. The lowest BCUT2D eigenvalue weighted by molar-refractivity contribution is -0.129. The summed E-state index contributed by atoms with van der Waals surface area (Å²) in [4.78, 5) is 21.1. The Bertz CT molecular complexity index is 221. The van der Waals surface area contributed by atoms with Crippen LogP contribution in [-0.4, -0.2) is 63.6 Å². The molecule has 0 radical (unpaired) electrons. The summed E-state index contributed by atoms with van der Waals surface area (Å²) in [6.07, 6.45) is -4.72. The zero-order chi connectivity index (χ0) is 12.0. The Morgan fingerprint density at radius 1 is 1.33 bits per heavy atom. The molecule has 0 aromatic heterocycles. The third-order valence-corrected chi connectivity index (χ3v) is 1.82. The summed E-state index contributed by atoms with van der Waals surface area (Å²) in [7, 11) is 0. The van der Waals surface area contributed by atoms with E-state index >= 15 is 0 Å². The number of rotatable bonds is 6. The summed E-state index contributed by atoms with van der Waals surface area (Å²) in [5.41, 5.74) is 0. The molecule has 0 aliphatic heterocycles. The van der Waals surface area contributed by atoms with E-state index in [0.29, 0.717) is 0 Å². The van der Waals surface area contributed by atoms with E-state index in [2.05, 4.69) is 5.32 Å². The Balaban J connectivity index is 4.42. The van der Waals surface area contributed by atoms with E-state index in [1.54, 1.807) is 0 Å². The molecular formula is C8H15NO6. The molecule has 0 saturated carbocycles. The summed E-state index contributed by atoms with van der Waals surface area (Å²) >= 11 is 0. The molecule has 0 heterocycles. The van der Waals surface area contributed by atoms with E-state index < -0.39 is 36.9 Å². The predicted molar refractivity (Wildman–Crippen MR) is 48.8 cm³/mol. The normalized spacial score (nSPS) is 18.7. The standard InChI is InChI=1S/C8H15NO6/c1-4(12)9-5(2-10)7(14)8(15)6(13)3-11/h2,5-8,11,13-15H,3H2,1H3,(H,9,12)/t5-,6+,7+,8+/m0/s1/i2+1,3+1,5+1,6+1,7+1,8+1,9+1. The molecule has 7 heteroatoms. The molecular weight excluding hydrogens is 213 g/mol. The van der Waals surface area contributed by atoms with Gasteiger partial charge in [0.1, 0.15) is 30.6 Å². The van der Waals surface area contributed by atoms with Crippen molar-refractivity contribution in [3.8, 4) is 0 Å². The molecule has 0 fully saturated rings. The Labute approximate surface area is 86.3 Å². The van der Waals surface area contributed by atoms with Crippen LogP contribution in [0.1, 0.15) is 6.92 Å². The molecule has 0 rings (SSSR count). The minimum Gasteiger partial charge on any atom is -0.394 e. The fourth-order valence-electron chi connectivity index (χ4n) is 0.983. The van der Waals surface area contributed by atoms with E-state index in [1.165, 1.54) is 0 Å². The third-order valence-electron chi connectivity index (χ3n) is 1.82. The maximum absolute atomic E-state index is 10.6. The first-order valence-corrected chi connectivity index (χ1v) is 4.31. The van der Waals surface area contributed by atoms with E-state index in [4.69, 9.17) is 10.2 Å². The van der Waals surface area contributed by atoms with Crippen LogP contribution in [0.25, 0.3) is 0 Å². The van der Waals surface area contributed by atoms with Crippen molar-refractivity contribution in [1.29, 1.82) is 0 Å². The number of aliphatic hydroxyl groups excluding tert-OH is 4. The molecule has 0 aromatic rings. The Kier molecular flexibility index (Phi) is 6.02. The van der Waals surface area contributed by atoms with Gasteiger partial charge in [-0.05, 0) is 0 Å². The van der Waals surface area contributed by atoms with Gasteiger partial charge in [0.25, 0.3) is 0 Å². The van der Waals surface area contributed by atoms with Crippen molar-refractivity contribution in [1.82, 2.24) is 5.32 Å². The number of aldehydes is 1.